The Morgan fingerprint density at radius 1 is 0.958 bits per heavy atom. The first kappa shape index (κ1) is 16.4. The van der Waals surface area contributed by atoms with Gasteiger partial charge >= 0.3 is 0 Å². The Bertz CT molecular complexity index is 1060. The van der Waals surface area contributed by atoms with Crippen molar-refractivity contribution in [1.29, 1.82) is 0 Å². The summed E-state index contributed by atoms with van der Waals surface area (Å²) in [5.41, 5.74) is 0.491. The van der Waals surface area contributed by atoms with Gasteiger partial charge in [-0.2, -0.15) is 13.5 Å². The maximum atomic E-state index is 11.2. The average molecular weight is 360 g/mol. The van der Waals surface area contributed by atoms with E-state index >= 15 is 0 Å². The summed E-state index contributed by atoms with van der Waals surface area (Å²) in [6.07, 6.45) is 0. The van der Waals surface area contributed by atoms with Crippen LogP contribution in [0.2, 0.25) is 0 Å². The van der Waals surface area contributed by atoms with Crippen LogP contribution in [0.25, 0.3) is 10.8 Å². The van der Waals surface area contributed by atoms with Gasteiger partial charge in [0.2, 0.25) is 0 Å². The highest BCUT2D eigenvalue weighted by atomic mass is 32.2. The van der Waals surface area contributed by atoms with Gasteiger partial charge in [-0.25, -0.2) is 0 Å². The fraction of sp³-hybridized carbons (Fsp3) is 0. The molecule has 0 fully saturated rings. The van der Waals surface area contributed by atoms with Crippen LogP contribution in [0.15, 0.2) is 74.6 Å². The van der Waals surface area contributed by atoms with Gasteiger partial charge in [0.15, 0.2) is 0 Å². The predicted octanol–water partition coefficient (Wildman–Crippen LogP) is 4.50. The molecule has 0 amide bonds. The Labute approximate surface area is 143 Å². The van der Waals surface area contributed by atoms with Crippen LogP contribution in [0.5, 0.6) is 5.75 Å². The second-order valence-corrected chi connectivity index (χ2v) is 6.95. The lowest BCUT2D eigenvalue weighted by Crippen LogP contribution is -1.96. The first-order valence-corrected chi connectivity index (χ1v) is 8.67. The first-order valence-electron chi connectivity index (χ1n) is 6.78. The number of phenols is 1. The molecule has 0 radical (unpaired) electrons. The Hall–Kier alpha value is -2.42. The smallest absolute Gasteiger partial charge is 0.294 e. The minimum atomic E-state index is -4.32. The minimum Gasteiger partial charge on any atom is -0.506 e. The van der Waals surface area contributed by atoms with Crippen molar-refractivity contribution in [2.75, 3.05) is 0 Å². The van der Waals surface area contributed by atoms with Gasteiger partial charge in [-0.05, 0) is 41.8 Å². The Kier molecular flexibility index (Phi) is 4.27. The molecule has 0 atom stereocenters. The van der Waals surface area contributed by atoms with Gasteiger partial charge in [0, 0.05) is 10.3 Å². The molecule has 0 aliphatic carbocycles. The van der Waals surface area contributed by atoms with Crippen LogP contribution in [0.1, 0.15) is 0 Å². The molecule has 0 aromatic heterocycles. The zero-order chi connectivity index (χ0) is 17.3. The van der Waals surface area contributed by atoms with Gasteiger partial charge < -0.3 is 5.11 Å². The van der Waals surface area contributed by atoms with Crippen molar-refractivity contribution >= 4 is 44.9 Å². The first-order chi connectivity index (χ1) is 11.3. The number of aromatic hydroxyl groups is 1. The third-order valence-electron chi connectivity index (χ3n) is 3.33. The maximum absolute atomic E-state index is 11.2. The lowest BCUT2D eigenvalue weighted by Gasteiger charge is -2.05. The molecular weight excluding hydrogens is 348 g/mol. The van der Waals surface area contributed by atoms with E-state index in [2.05, 4.69) is 22.9 Å². The zero-order valence-electron chi connectivity index (χ0n) is 12.2. The van der Waals surface area contributed by atoms with Crippen LogP contribution < -0.4 is 0 Å². The molecule has 24 heavy (non-hydrogen) atoms. The zero-order valence-corrected chi connectivity index (χ0v) is 13.9. The summed E-state index contributed by atoms with van der Waals surface area (Å²) in [6.45, 7) is 0. The number of hydrogen-bond donors (Lipinski definition) is 3. The summed E-state index contributed by atoms with van der Waals surface area (Å²) >= 11 is 4.27. The lowest BCUT2D eigenvalue weighted by molar-refractivity contribution is 0.477. The second kappa shape index (κ2) is 6.23. The summed E-state index contributed by atoms with van der Waals surface area (Å²) in [6, 6.07) is 14.0. The van der Waals surface area contributed by atoms with E-state index < -0.39 is 10.1 Å². The van der Waals surface area contributed by atoms with E-state index in [-0.39, 0.29) is 22.0 Å². The Morgan fingerprint density at radius 3 is 2.50 bits per heavy atom. The minimum absolute atomic E-state index is 0.0518. The highest BCUT2D eigenvalue weighted by molar-refractivity contribution is 7.85. The normalized spacial score (nSPS) is 12.1. The molecular formula is C16H12N2O4S2. The number of nitrogens with zero attached hydrogens (tertiary/aromatic N) is 2. The van der Waals surface area contributed by atoms with Crippen molar-refractivity contribution in [3.8, 4) is 5.75 Å². The van der Waals surface area contributed by atoms with E-state index in [1.807, 2.05) is 6.07 Å². The van der Waals surface area contributed by atoms with Gasteiger partial charge in [0.1, 0.15) is 11.4 Å². The number of benzene rings is 3. The Morgan fingerprint density at radius 2 is 1.75 bits per heavy atom. The van der Waals surface area contributed by atoms with Crippen molar-refractivity contribution in [2.45, 2.75) is 9.79 Å². The SMILES string of the molecule is O=S(=O)(O)c1cccc(N=Nc2c(O)ccc3cc(S)ccc23)c1. The third-order valence-corrected chi connectivity index (χ3v) is 4.46. The molecule has 0 aliphatic rings. The fourth-order valence-corrected chi connectivity index (χ4v) is 2.94. The van der Waals surface area contributed by atoms with E-state index in [0.29, 0.717) is 5.39 Å². The van der Waals surface area contributed by atoms with E-state index in [4.69, 9.17) is 4.55 Å². The third kappa shape index (κ3) is 3.40. The molecule has 2 N–H and O–H groups in total. The van der Waals surface area contributed by atoms with Crippen molar-refractivity contribution in [2.24, 2.45) is 10.2 Å². The summed E-state index contributed by atoms with van der Waals surface area (Å²) in [5.74, 6) is -0.0518. The van der Waals surface area contributed by atoms with E-state index in [1.165, 1.54) is 30.3 Å². The van der Waals surface area contributed by atoms with E-state index in [0.717, 1.165) is 10.3 Å². The van der Waals surface area contributed by atoms with Crippen molar-refractivity contribution in [3.05, 3.63) is 54.6 Å². The molecule has 0 unspecified atom stereocenters. The second-order valence-electron chi connectivity index (χ2n) is 5.01. The van der Waals surface area contributed by atoms with Crippen LogP contribution in [-0.4, -0.2) is 18.1 Å². The predicted molar refractivity (Wildman–Crippen MR) is 93.3 cm³/mol. The summed E-state index contributed by atoms with van der Waals surface area (Å²) in [4.78, 5) is 0.498. The van der Waals surface area contributed by atoms with Crippen molar-refractivity contribution < 1.29 is 18.1 Å². The summed E-state index contributed by atoms with van der Waals surface area (Å²) < 4.78 is 31.4. The number of rotatable bonds is 3. The molecule has 0 spiro atoms. The molecule has 0 aliphatic heterocycles. The molecule has 3 aromatic rings. The number of azo groups is 1. The number of hydrogen-bond acceptors (Lipinski definition) is 6. The molecule has 0 heterocycles. The van der Waals surface area contributed by atoms with Crippen LogP contribution >= 0.6 is 12.6 Å². The van der Waals surface area contributed by atoms with Gasteiger partial charge in [-0.15, -0.1) is 17.7 Å². The summed E-state index contributed by atoms with van der Waals surface area (Å²) in [5, 5.41) is 19.5. The molecule has 8 heteroatoms. The number of phenolic OH excluding ortho intramolecular Hbond substituents is 1. The Balaban J connectivity index is 2.07. The maximum Gasteiger partial charge on any atom is 0.294 e. The van der Waals surface area contributed by atoms with Crippen molar-refractivity contribution in [1.82, 2.24) is 0 Å². The monoisotopic (exact) mass is 360 g/mol. The van der Waals surface area contributed by atoms with E-state index in [1.54, 1.807) is 18.2 Å². The van der Waals surface area contributed by atoms with Crippen LogP contribution in [0.4, 0.5) is 11.4 Å². The topological polar surface area (TPSA) is 99.3 Å². The van der Waals surface area contributed by atoms with Gasteiger partial charge in [-0.1, -0.05) is 18.2 Å². The lowest BCUT2D eigenvalue weighted by atomic mass is 10.1. The quantitative estimate of drug-likeness (QED) is 0.364. The van der Waals surface area contributed by atoms with Crippen LogP contribution in [0, 0.1) is 0 Å². The molecule has 122 valence electrons. The van der Waals surface area contributed by atoms with Gasteiger partial charge in [-0.3, -0.25) is 4.55 Å². The molecule has 0 bridgehead atoms. The highest BCUT2D eigenvalue weighted by Gasteiger charge is 2.10. The number of thiol groups is 1. The standard InChI is InChI=1S/C16H12N2O4S2/c19-15-7-4-10-8-12(23)5-6-14(10)16(15)18-17-11-2-1-3-13(9-11)24(20,21)22/h1-9,19,23H,(H,20,21,22). The average Bonchev–Trinajstić information content (AvgIpc) is 2.53. The molecule has 3 aromatic carbocycles. The fourth-order valence-electron chi connectivity index (χ4n) is 2.21. The number of fused-ring (bicyclic) bond motifs is 1. The van der Waals surface area contributed by atoms with E-state index in [9.17, 15) is 13.5 Å². The molecule has 0 saturated carbocycles. The van der Waals surface area contributed by atoms with Crippen LogP contribution in [0.3, 0.4) is 0 Å². The van der Waals surface area contributed by atoms with Gasteiger partial charge in [0.25, 0.3) is 10.1 Å². The highest BCUT2D eigenvalue weighted by Crippen LogP contribution is 2.37. The largest absolute Gasteiger partial charge is 0.506 e. The molecule has 0 saturated heterocycles. The molecule has 6 nitrogen and oxygen atoms in total. The van der Waals surface area contributed by atoms with Gasteiger partial charge in [0.05, 0.1) is 10.6 Å². The van der Waals surface area contributed by atoms with Crippen LogP contribution in [-0.2, 0) is 10.1 Å². The van der Waals surface area contributed by atoms with Crippen molar-refractivity contribution in [3.63, 3.8) is 0 Å². The summed E-state index contributed by atoms with van der Waals surface area (Å²) in [7, 11) is -4.32. The molecule has 3 rings (SSSR count).